The van der Waals surface area contributed by atoms with Gasteiger partial charge in [0.2, 0.25) is 0 Å². The Morgan fingerprint density at radius 3 is 2.65 bits per heavy atom. The van der Waals surface area contributed by atoms with Crippen molar-refractivity contribution in [2.24, 2.45) is 5.73 Å². The van der Waals surface area contributed by atoms with Crippen LogP contribution < -0.4 is 11.4 Å². The summed E-state index contributed by atoms with van der Waals surface area (Å²) in [6.07, 6.45) is 1.80. The highest BCUT2D eigenvalue weighted by atomic mass is 16.1. The minimum Gasteiger partial charge on any atom is -0.343 e. The lowest BCUT2D eigenvalue weighted by Crippen LogP contribution is -2.20. The Balaban J connectivity index is 2.13. The molecule has 0 saturated heterocycles. The van der Waals surface area contributed by atoms with Gasteiger partial charge >= 0.3 is 5.69 Å². The van der Waals surface area contributed by atoms with Gasteiger partial charge in [-0.1, -0.05) is 12.1 Å². The Morgan fingerprint density at radius 1 is 1.30 bits per heavy atom. The van der Waals surface area contributed by atoms with Gasteiger partial charge in [0.15, 0.2) is 0 Å². The molecular formula is C15H16N4O. The minimum absolute atomic E-state index is 0.0197. The van der Waals surface area contributed by atoms with Crippen molar-refractivity contribution in [1.29, 1.82) is 0 Å². The van der Waals surface area contributed by atoms with Gasteiger partial charge in [-0.2, -0.15) is 4.98 Å². The summed E-state index contributed by atoms with van der Waals surface area (Å²) in [5, 5.41) is 0.915. The summed E-state index contributed by atoms with van der Waals surface area (Å²) in [5.41, 5.74) is 8.95. The number of benzene rings is 1. The van der Waals surface area contributed by atoms with Crippen LogP contribution in [-0.2, 0) is 0 Å². The molecule has 0 unspecified atom stereocenters. The van der Waals surface area contributed by atoms with Crippen molar-refractivity contribution in [3.63, 3.8) is 0 Å². The van der Waals surface area contributed by atoms with Crippen LogP contribution in [0.4, 0.5) is 0 Å². The summed E-state index contributed by atoms with van der Waals surface area (Å²) in [7, 11) is 0. The van der Waals surface area contributed by atoms with E-state index in [1.165, 1.54) is 0 Å². The number of rotatable bonds is 2. The molecule has 0 amide bonds. The number of nitrogens with one attached hydrogen (secondary N) is 1. The fraction of sp³-hybridized carbons (Fsp3) is 0.200. The Hall–Kier alpha value is -2.40. The molecule has 1 aromatic carbocycles. The molecule has 2 aromatic heterocycles. The first-order valence-electron chi connectivity index (χ1n) is 6.49. The fourth-order valence-electron chi connectivity index (χ4n) is 2.25. The van der Waals surface area contributed by atoms with Crippen molar-refractivity contribution in [2.75, 3.05) is 0 Å². The van der Waals surface area contributed by atoms with Crippen LogP contribution in [0.25, 0.3) is 16.7 Å². The van der Waals surface area contributed by atoms with E-state index in [-0.39, 0.29) is 11.7 Å². The van der Waals surface area contributed by atoms with Crippen LogP contribution in [0.5, 0.6) is 0 Å². The number of nitrogens with two attached hydrogens (primary N) is 1. The Bertz CT molecular complexity index is 812. The Morgan fingerprint density at radius 2 is 2.00 bits per heavy atom. The summed E-state index contributed by atoms with van der Waals surface area (Å²) in [4.78, 5) is 19.2. The molecule has 102 valence electrons. The molecule has 2 heterocycles. The van der Waals surface area contributed by atoms with Crippen molar-refractivity contribution in [3.8, 4) is 5.69 Å². The molecule has 3 aromatic rings. The first kappa shape index (κ1) is 12.6. The lowest BCUT2D eigenvalue weighted by molar-refractivity contribution is 0.816. The van der Waals surface area contributed by atoms with Gasteiger partial charge in [-0.15, -0.1) is 0 Å². The molecular weight excluding hydrogens is 252 g/mol. The predicted molar refractivity (Wildman–Crippen MR) is 79.0 cm³/mol. The summed E-state index contributed by atoms with van der Waals surface area (Å²) in [6.45, 7) is 3.87. The van der Waals surface area contributed by atoms with Crippen molar-refractivity contribution in [1.82, 2.24) is 14.5 Å². The number of aromatic amines is 1. The molecule has 0 spiro atoms. The molecule has 1 atom stereocenters. The number of aromatic nitrogens is 3. The first-order valence-corrected chi connectivity index (χ1v) is 6.49. The zero-order valence-corrected chi connectivity index (χ0v) is 11.4. The van der Waals surface area contributed by atoms with Crippen LogP contribution >= 0.6 is 0 Å². The van der Waals surface area contributed by atoms with Gasteiger partial charge < -0.3 is 10.7 Å². The zero-order valence-electron chi connectivity index (χ0n) is 11.4. The third kappa shape index (κ3) is 2.12. The summed E-state index contributed by atoms with van der Waals surface area (Å²) >= 11 is 0. The topological polar surface area (TPSA) is 76.7 Å². The summed E-state index contributed by atoms with van der Waals surface area (Å²) < 4.78 is 1.54. The van der Waals surface area contributed by atoms with E-state index in [1.54, 1.807) is 10.8 Å². The molecule has 20 heavy (non-hydrogen) atoms. The van der Waals surface area contributed by atoms with Gasteiger partial charge in [0.25, 0.3) is 0 Å². The smallest absolute Gasteiger partial charge is 0.343 e. The highest BCUT2D eigenvalue weighted by molar-refractivity contribution is 5.75. The summed E-state index contributed by atoms with van der Waals surface area (Å²) in [6, 6.07) is 9.57. The average molecular weight is 268 g/mol. The standard InChI is InChI=1S/C15H16N4O/c1-9-7-12-8-19(15(20)18-14(12)17-9)13-5-3-11(4-6-13)10(2)16/h3-8,10H,16H2,1-2H3,(H,17,18,20)/t10-/m0/s1. The van der Waals surface area contributed by atoms with E-state index >= 15 is 0 Å². The third-order valence-corrected chi connectivity index (χ3v) is 3.34. The number of aryl methyl sites for hydroxylation is 1. The van der Waals surface area contributed by atoms with Crippen LogP contribution in [0.15, 0.2) is 41.3 Å². The van der Waals surface area contributed by atoms with Crippen molar-refractivity contribution < 1.29 is 0 Å². The predicted octanol–water partition coefficient (Wildman–Crippen LogP) is 2.04. The fourth-order valence-corrected chi connectivity index (χ4v) is 2.25. The van der Waals surface area contributed by atoms with E-state index in [4.69, 9.17) is 5.73 Å². The molecule has 0 fully saturated rings. The molecule has 3 rings (SSSR count). The molecule has 0 saturated carbocycles. The molecule has 0 aliphatic rings. The number of hydrogen-bond donors (Lipinski definition) is 2. The second-order valence-corrected chi connectivity index (χ2v) is 5.03. The van der Waals surface area contributed by atoms with Crippen molar-refractivity contribution in [2.45, 2.75) is 19.9 Å². The Labute approximate surface area is 116 Å². The molecule has 0 bridgehead atoms. The van der Waals surface area contributed by atoms with Crippen molar-refractivity contribution in [3.05, 3.63) is 58.3 Å². The number of fused-ring (bicyclic) bond motifs is 1. The first-order chi connectivity index (χ1) is 9.54. The quantitative estimate of drug-likeness (QED) is 0.746. The van der Waals surface area contributed by atoms with Gasteiger partial charge in [0.05, 0.1) is 5.69 Å². The molecule has 3 N–H and O–H groups in total. The van der Waals surface area contributed by atoms with Gasteiger partial charge in [-0.25, -0.2) is 4.79 Å². The number of nitrogens with zero attached hydrogens (tertiary/aromatic N) is 2. The lowest BCUT2D eigenvalue weighted by Gasteiger charge is -2.08. The van der Waals surface area contributed by atoms with Crippen LogP contribution in [0.1, 0.15) is 24.2 Å². The van der Waals surface area contributed by atoms with Crippen LogP contribution in [0, 0.1) is 6.92 Å². The third-order valence-electron chi connectivity index (χ3n) is 3.34. The minimum atomic E-state index is -0.298. The average Bonchev–Trinajstić information content (AvgIpc) is 2.77. The highest BCUT2D eigenvalue weighted by Gasteiger charge is 2.06. The van der Waals surface area contributed by atoms with Crippen LogP contribution in [-0.4, -0.2) is 14.5 Å². The summed E-state index contributed by atoms with van der Waals surface area (Å²) in [5.74, 6) is 0. The van der Waals surface area contributed by atoms with E-state index in [0.29, 0.717) is 5.65 Å². The van der Waals surface area contributed by atoms with E-state index in [1.807, 2.05) is 44.2 Å². The van der Waals surface area contributed by atoms with Gasteiger partial charge in [-0.05, 0) is 37.6 Å². The van der Waals surface area contributed by atoms with E-state index in [2.05, 4.69) is 9.97 Å². The normalized spacial score (nSPS) is 12.8. The second-order valence-electron chi connectivity index (χ2n) is 5.03. The second kappa shape index (κ2) is 4.61. The zero-order chi connectivity index (χ0) is 14.3. The van der Waals surface area contributed by atoms with Crippen LogP contribution in [0.2, 0.25) is 0 Å². The van der Waals surface area contributed by atoms with Crippen LogP contribution in [0.3, 0.4) is 0 Å². The Kier molecular flexibility index (Phi) is 2.91. The molecule has 5 nitrogen and oxygen atoms in total. The van der Waals surface area contributed by atoms with E-state index in [0.717, 1.165) is 22.3 Å². The maximum absolute atomic E-state index is 12.1. The molecule has 5 heteroatoms. The largest absolute Gasteiger partial charge is 0.354 e. The van der Waals surface area contributed by atoms with Gasteiger partial charge in [-0.3, -0.25) is 4.57 Å². The maximum atomic E-state index is 12.1. The number of hydrogen-bond acceptors (Lipinski definition) is 3. The van der Waals surface area contributed by atoms with Crippen molar-refractivity contribution >= 4 is 11.0 Å². The molecule has 0 aliphatic heterocycles. The monoisotopic (exact) mass is 268 g/mol. The SMILES string of the molecule is Cc1cc2cn(-c3ccc([C@H](C)N)cc3)c(=O)nc2[nH]1. The van der Waals surface area contributed by atoms with E-state index < -0.39 is 0 Å². The number of H-pyrrole nitrogens is 1. The van der Waals surface area contributed by atoms with E-state index in [9.17, 15) is 4.79 Å². The molecule has 0 radical (unpaired) electrons. The maximum Gasteiger partial charge on any atom is 0.354 e. The van der Waals surface area contributed by atoms with Gasteiger partial charge in [0, 0.05) is 23.3 Å². The molecule has 0 aliphatic carbocycles. The lowest BCUT2D eigenvalue weighted by atomic mass is 10.1. The highest BCUT2D eigenvalue weighted by Crippen LogP contribution is 2.15. The van der Waals surface area contributed by atoms with Gasteiger partial charge in [0.1, 0.15) is 5.65 Å².